The van der Waals surface area contributed by atoms with Crippen molar-refractivity contribution in [2.24, 2.45) is 5.41 Å². The first kappa shape index (κ1) is 16.1. The Morgan fingerprint density at radius 2 is 2.00 bits per heavy atom. The van der Waals surface area contributed by atoms with Crippen LogP contribution in [0, 0.1) is 5.41 Å². The van der Waals surface area contributed by atoms with Crippen molar-refractivity contribution in [1.29, 1.82) is 0 Å². The lowest BCUT2D eigenvalue weighted by Crippen LogP contribution is -2.51. The van der Waals surface area contributed by atoms with Crippen LogP contribution in [0.5, 0.6) is 0 Å². The van der Waals surface area contributed by atoms with Crippen LogP contribution in [0.15, 0.2) is 0 Å². The van der Waals surface area contributed by atoms with E-state index < -0.39 is 11.4 Å². The Kier molecular flexibility index (Phi) is 5.45. The molecule has 0 bridgehead atoms. The van der Waals surface area contributed by atoms with Gasteiger partial charge in [-0.3, -0.25) is 4.79 Å². The molecule has 1 unspecified atom stereocenters. The number of hydrogen-bond acceptors (Lipinski definition) is 3. The number of carboxylic acids is 1. The van der Waals surface area contributed by atoms with Crippen LogP contribution in [0.3, 0.4) is 0 Å². The SMILES string of the molecule is CC1CCCCCN1C(=O)NCC1(C(=O)O)CCOCC1. The minimum Gasteiger partial charge on any atom is -0.481 e. The second-order valence-electron chi connectivity index (χ2n) is 6.25. The fourth-order valence-electron chi connectivity index (χ4n) is 3.15. The van der Waals surface area contributed by atoms with Gasteiger partial charge >= 0.3 is 12.0 Å². The summed E-state index contributed by atoms with van der Waals surface area (Å²) >= 11 is 0. The molecule has 0 saturated carbocycles. The molecule has 21 heavy (non-hydrogen) atoms. The largest absolute Gasteiger partial charge is 0.481 e. The van der Waals surface area contributed by atoms with Crippen LogP contribution in [0.25, 0.3) is 0 Å². The molecule has 0 aromatic heterocycles. The van der Waals surface area contributed by atoms with Crippen molar-refractivity contribution in [1.82, 2.24) is 10.2 Å². The van der Waals surface area contributed by atoms with Crippen molar-refractivity contribution in [3.63, 3.8) is 0 Å². The fourth-order valence-corrected chi connectivity index (χ4v) is 3.15. The number of likely N-dealkylation sites (tertiary alicyclic amines) is 1. The lowest BCUT2D eigenvalue weighted by molar-refractivity contribution is -0.154. The van der Waals surface area contributed by atoms with Gasteiger partial charge in [-0.05, 0) is 32.6 Å². The molecule has 2 N–H and O–H groups in total. The molecular weight excluding hydrogens is 272 g/mol. The number of carbonyl (C=O) groups excluding carboxylic acids is 1. The average molecular weight is 298 g/mol. The zero-order chi connectivity index (χ0) is 15.3. The number of amides is 2. The topological polar surface area (TPSA) is 78.9 Å². The summed E-state index contributed by atoms with van der Waals surface area (Å²) in [6.45, 7) is 3.90. The second-order valence-corrected chi connectivity index (χ2v) is 6.25. The molecule has 2 saturated heterocycles. The molecule has 6 heteroatoms. The van der Waals surface area contributed by atoms with E-state index in [0.717, 1.165) is 32.2 Å². The number of hydrogen-bond donors (Lipinski definition) is 2. The van der Waals surface area contributed by atoms with Crippen LogP contribution >= 0.6 is 0 Å². The molecule has 2 aliphatic heterocycles. The van der Waals surface area contributed by atoms with Gasteiger partial charge in [0.2, 0.25) is 0 Å². The highest BCUT2D eigenvalue weighted by Crippen LogP contribution is 2.30. The third-order valence-corrected chi connectivity index (χ3v) is 4.80. The van der Waals surface area contributed by atoms with E-state index >= 15 is 0 Å². The van der Waals surface area contributed by atoms with Gasteiger partial charge in [0.25, 0.3) is 0 Å². The molecule has 0 aromatic rings. The lowest BCUT2D eigenvalue weighted by atomic mass is 9.80. The van der Waals surface area contributed by atoms with Crippen molar-refractivity contribution >= 4 is 12.0 Å². The summed E-state index contributed by atoms with van der Waals surface area (Å²) in [7, 11) is 0. The van der Waals surface area contributed by atoms with Gasteiger partial charge < -0.3 is 20.1 Å². The molecule has 0 aliphatic carbocycles. The van der Waals surface area contributed by atoms with Crippen LogP contribution in [0.1, 0.15) is 45.4 Å². The standard InChI is InChI=1S/C15H26N2O4/c1-12-5-3-2-4-8-17(12)14(20)16-11-15(13(18)19)6-9-21-10-7-15/h12H,2-11H2,1H3,(H,16,20)(H,18,19). The number of aliphatic carboxylic acids is 1. The monoisotopic (exact) mass is 298 g/mol. The van der Waals surface area contributed by atoms with Crippen LogP contribution in [0.2, 0.25) is 0 Å². The third kappa shape index (κ3) is 3.87. The molecule has 120 valence electrons. The first-order chi connectivity index (χ1) is 10.1. The lowest BCUT2D eigenvalue weighted by Gasteiger charge is -2.34. The summed E-state index contributed by atoms with van der Waals surface area (Å²) in [4.78, 5) is 25.8. The number of nitrogens with zero attached hydrogens (tertiary/aromatic N) is 1. The number of rotatable bonds is 3. The van der Waals surface area contributed by atoms with E-state index in [0.29, 0.717) is 26.1 Å². The predicted octanol–water partition coefficient (Wildman–Crippen LogP) is 1.84. The Hall–Kier alpha value is -1.30. The number of nitrogens with one attached hydrogen (secondary N) is 1. The zero-order valence-electron chi connectivity index (χ0n) is 12.8. The molecule has 2 rings (SSSR count). The van der Waals surface area contributed by atoms with Crippen LogP contribution < -0.4 is 5.32 Å². The predicted molar refractivity (Wildman–Crippen MR) is 78.2 cm³/mol. The van der Waals surface area contributed by atoms with Crippen LogP contribution in [0.4, 0.5) is 4.79 Å². The first-order valence-electron chi connectivity index (χ1n) is 7.91. The van der Waals surface area contributed by atoms with Crippen molar-refractivity contribution < 1.29 is 19.4 Å². The molecule has 0 aromatic carbocycles. The van der Waals surface area contributed by atoms with Gasteiger partial charge in [0, 0.05) is 32.3 Å². The molecule has 0 radical (unpaired) electrons. The Balaban J connectivity index is 1.93. The number of ether oxygens (including phenoxy) is 1. The maximum absolute atomic E-state index is 12.4. The van der Waals surface area contributed by atoms with Crippen molar-refractivity contribution in [2.75, 3.05) is 26.3 Å². The number of carbonyl (C=O) groups is 2. The normalized spacial score (nSPS) is 26.0. The maximum atomic E-state index is 12.4. The van der Waals surface area contributed by atoms with Gasteiger partial charge in [0.1, 0.15) is 0 Å². The Morgan fingerprint density at radius 1 is 1.29 bits per heavy atom. The zero-order valence-corrected chi connectivity index (χ0v) is 12.8. The van der Waals surface area contributed by atoms with Crippen molar-refractivity contribution in [3.8, 4) is 0 Å². The van der Waals surface area contributed by atoms with E-state index in [9.17, 15) is 14.7 Å². The van der Waals surface area contributed by atoms with Gasteiger partial charge in [-0.2, -0.15) is 0 Å². The number of carboxylic acid groups (broad SMARTS) is 1. The second kappa shape index (κ2) is 7.11. The summed E-state index contributed by atoms with van der Waals surface area (Å²) in [6, 6.07) is 0.0967. The summed E-state index contributed by atoms with van der Waals surface area (Å²) in [5.41, 5.74) is -0.872. The molecule has 6 nitrogen and oxygen atoms in total. The fraction of sp³-hybridized carbons (Fsp3) is 0.867. The minimum absolute atomic E-state index is 0.128. The van der Waals surface area contributed by atoms with Gasteiger partial charge in [-0.1, -0.05) is 12.8 Å². The molecule has 2 heterocycles. The maximum Gasteiger partial charge on any atom is 0.317 e. The van der Waals surface area contributed by atoms with Crippen LogP contribution in [-0.4, -0.2) is 54.4 Å². The smallest absolute Gasteiger partial charge is 0.317 e. The summed E-state index contributed by atoms with van der Waals surface area (Å²) in [5.74, 6) is -0.838. The quantitative estimate of drug-likeness (QED) is 0.833. The molecule has 1 atom stereocenters. The number of urea groups is 1. The first-order valence-corrected chi connectivity index (χ1v) is 7.91. The minimum atomic E-state index is -0.872. The van der Waals surface area contributed by atoms with Crippen molar-refractivity contribution in [2.45, 2.75) is 51.5 Å². The molecule has 2 aliphatic rings. The molecular formula is C15H26N2O4. The summed E-state index contributed by atoms with van der Waals surface area (Å²) in [6.07, 6.45) is 5.27. The molecule has 0 spiro atoms. The van der Waals surface area contributed by atoms with E-state index in [4.69, 9.17) is 4.74 Å². The van der Waals surface area contributed by atoms with Crippen LogP contribution in [-0.2, 0) is 9.53 Å². The third-order valence-electron chi connectivity index (χ3n) is 4.80. The van der Waals surface area contributed by atoms with Gasteiger partial charge in [0.15, 0.2) is 0 Å². The van der Waals surface area contributed by atoms with E-state index in [-0.39, 0.29) is 18.6 Å². The van der Waals surface area contributed by atoms with Gasteiger partial charge in [-0.15, -0.1) is 0 Å². The highest BCUT2D eigenvalue weighted by Gasteiger charge is 2.40. The highest BCUT2D eigenvalue weighted by molar-refractivity contribution is 5.78. The van der Waals surface area contributed by atoms with E-state index in [1.54, 1.807) is 0 Å². The van der Waals surface area contributed by atoms with E-state index in [2.05, 4.69) is 12.2 Å². The van der Waals surface area contributed by atoms with Crippen molar-refractivity contribution in [3.05, 3.63) is 0 Å². The summed E-state index contributed by atoms with van der Waals surface area (Å²) in [5, 5.41) is 12.3. The highest BCUT2D eigenvalue weighted by atomic mass is 16.5. The molecule has 2 fully saturated rings. The average Bonchev–Trinajstić information content (AvgIpc) is 2.70. The molecule has 2 amide bonds. The van der Waals surface area contributed by atoms with E-state index in [1.165, 1.54) is 0 Å². The Labute approximate surface area is 125 Å². The summed E-state index contributed by atoms with van der Waals surface area (Å²) < 4.78 is 5.25. The van der Waals surface area contributed by atoms with Gasteiger partial charge in [0.05, 0.1) is 5.41 Å². The Bertz CT molecular complexity index is 380. The van der Waals surface area contributed by atoms with Gasteiger partial charge in [-0.25, -0.2) is 4.79 Å². The van der Waals surface area contributed by atoms with E-state index in [1.807, 2.05) is 4.90 Å². The Morgan fingerprint density at radius 3 is 2.67 bits per heavy atom.